The summed E-state index contributed by atoms with van der Waals surface area (Å²) in [6.45, 7) is 4.71. The molecule has 0 spiro atoms. The van der Waals surface area contributed by atoms with Gasteiger partial charge in [-0.1, -0.05) is 77.6 Å². The maximum atomic E-state index is 8.25. The lowest BCUT2D eigenvalue weighted by atomic mass is 10.1. The van der Waals surface area contributed by atoms with Gasteiger partial charge in [-0.25, -0.2) is 0 Å². The van der Waals surface area contributed by atoms with Crippen LogP contribution in [0.1, 0.15) is 84.0 Å². The number of nitrogens with zero attached hydrogens (tertiary/aromatic N) is 2. The van der Waals surface area contributed by atoms with E-state index in [1.165, 1.54) is 88.5 Å². The molecule has 0 aromatic rings. The summed E-state index contributed by atoms with van der Waals surface area (Å²) in [7, 11) is 2.22. The molecule has 6 nitrogen and oxygen atoms in total. The van der Waals surface area contributed by atoms with Crippen molar-refractivity contribution in [3.8, 4) is 0 Å². The maximum absolute atomic E-state index is 8.25. The highest BCUT2D eigenvalue weighted by molar-refractivity contribution is 4.77. The van der Waals surface area contributed by atoms with Crippen molar-refractivity contribution in [2.75, 3.05) is 20.3 Å². The van der Waals surface area contributed by atoms with Gasteiger partial charge in [0.1, 0.15) is 6.20 Å². The zero-order valence-corrected chi connectivity index (χ0v) is 15.7. The molecule has 24 heavy (non-hydrogen) atoms. The number of hydrogen-bond donors (Lipinski definition) is 1. The summed E-state index contributed by atoms with van der Waals surface area (Å²) in [5, 5.41) is 14.8. The van der Waals surface area contributed by atoms with E-state index in [4.69, 9.17) is 15.3 Å². The molecule has 0 saturated heterocycles. The number of unbranched alkanes of at least 4 members (excludes halogenated alkanes) is 11. The summed E-state index contributed by atoms with van der Waals surface area (Å²) < 4.78 is 0. The van der Waals surface area contributed by atoms with Crippen molar-refractivity contribution < 1.29 is 9.99 Å². The van der Waals surface area contributed by atoms with Crippen molar-refractivity contribution in [3.05, 3.63) is 27.7 Å². The minimum Gasteiger partial charge on any atom is -0.356 e. The highest BCUT2D eigenvalue weighted by Crippen LogP contribution is 2.12. The van der Waals surface area contributed by atoms with Gasteiger partial charge < -0.3 is 20.2 Å². The van der Waals surface area contributed by atoms with Crippen molar-refractivity contribution in [2.45, 2.75) is 84.0 Å². The first-order chi connectivity index (χ1) is 11.6. The highest BCUT2D eigenvalue weighted by atomic mass is 16.9. The van der Waals surface area contributed by atoms with Crippen LogP contribution in [0.4, 0.5) is 0 Å². The smallest absolute Gasteiger partial charge is 0.156 e. The third-order valence-corrected chi connectivity index (χ3v) is 4.32. The summed E-state index contributed by atoms with van der Waals surface area (Å²) in [4.78, 5) is 12.2. The molecule has 0 aliphatic carbocycles. The van der Waals surface area contributed by atoms with Crippen LogP contribution in [0.25, 0.3) is 0 Å². The van der Waals surface area contributed by atoms with Crippen LogP contribution in [0, 0.1) is 15.3 Å². The second-order valence-corrected chi connectivity index (χ2v) is 6.75. The Balaban J connectivity index is 0.00000118. The normalized spacial score (nSPS) is 16.1. The molecule has 1 rings (SSSR count). The van der Waals surface area contributed by atoms with E-state index >= 15 is 0 Å². The van der Waals surface area contributed by atoms with Crippen LogP contribution in [0.15, 0.2) is 12.4 Å². The molecule has 1 N–H and O–H groups in total. The molecule has 1 atom stereocenters. The maximum Gasteiger partial charge on any atom is 0.156 e. The van der Waals surface area contributed by atoms with E-state index in [0.717, 1.165) is 6.67 Å². The number of nitrogens with one attached hydrogen (secondary N) is 1. The Kier molecular flexibility index (Phi) is 15.7. The quantitative estimate of drug-likeness (QED) is 0.314. The summed E-state index contributed by atoms with van der Waals surface area (Å²) in [5.41, 5.74) is 0. The minimum absolute atomic E-state index is 1.16. The molecule has 0 radical (unpaired) electrons. The number of quaternary nitrogens is 1. The third kappa shape index (κ3) is 17.1. The van der Waals surface area contributed by atoms with Gasteiger partial charge in [0.2, 0.25) is 0 Å². The molecule has 0 amide bonds. The van der Waals surface area contributed by atoms with E-state index in [-0.39, 0.29) is 0 Å². The van der Waals surface area contributed by atoms with Crippen LogP contribution in [-0.4, -0.2) is 30.2 Å². The van der Waals surface area contributed by atoms with Crippen molar-refractivity contribution in [2.24, 2.45) is 0 Å². The summed E-state index contributed by atoms with van der Waals surface area (Å²) >= 11 is 0. The third-order valence-electron chi connectivity index (χ3n) is 4.32. The molecule has 0 bridgehead atoms. The van der Waals surface area contributed by atoms with Crippen molar-refractivity contribution in [1.29, 1.82) is 0 Å². The zero-order valence-electron chi connectivity index (χ0n) is 15.7. The fraction of sp³-hybridized carbons (Fsp3) is 0.889. The lowest BCUT2D eigenvalue weighted by Crippen LogP contribution is -3.03. The van der Waals surface area contributed by atoms with Crippen LogP contribution in [-0.2, 0) is 0 Å². The zero-order chi connectivity index (χ0) is 18.0. The standard InChI is InChI=1S/C18H36N2.NO3/c1-3-4-5-6-7-8-9-10-11-12-13-14-15-20-17-16-19(2)18-20;2-1(3)4/h16-17H,3-15,18H2,1-2H3;/q;-1/p+1. The molecule has 0 aromatic heterocycles. The summed E-state index contributed by atoms with van der Waals surface area (Å²) in [5.74, 6) is 0. The van der Waals surface area contributed by atoms with E-state index in [1.54, 1.807) is 0 Å². The van der Waals surface area contributed by atoms with Crippen molar-refractivity contribution >= 4 is 0 Å². The number of rotatable bonds is 13. The average molecular weight is 344 g/mol. The monoisotopic (exact) mass is 343 g/mol. The average Bonchev–Trinajstić information content (AvgIpc) is 2.93. The van der Waals surface area contributed by atoms with E-state index < -0.39 is 5.09 Å². The SMILES string of the molecule is CCCCCCCCCCCCCCN1C=C[NH+](C)C1.O=[N+]([O-])[O-]. The Bertz CT molecular complexity index is 321. The Morgan fingerprint density at radius 3 is 1.71 bits per heavy atom. The predicted octanol–water partition coefficient (Wildman–Crippen LogP) is 3.71. The Morgan fingerprint density at radius 1 is 0.917 bits per heavy atom. The van der Waals surface area contributed by atoms with E-state index in [2.05, 4.69) is 31.3 Å². The molecule has 6 heteroatoms. The molecule has 0 fully saturated rings. The minimum atomic E-state index is -1.75. The van der Waals surface area contributed by atoms with E-state index in [0.29, 0.717) is 0 Å². The molecule has 1 unspecified atom stereocenters. The lowest BCUT2D eigenvalue weighted by molar-refractivity contribution is -0.826. The molecule has 0 saturated carbocycles. The highest BCUT2D eigenvalue weighted by Gasteiger charge is 2.11. The molecule has 1 aliphatic rings. The van der Waals surface area contributed by atoms with Gasteiger partial charge in [0.05, 0.1) is 18.3 Å². The lowest BCUT2D eigenvalue weighted by Gasteiger charge is -2.14. The summed E-state index contributed by atoms with van der Waals surface area (Å²) in [6, 6.07) is 0. The summed E-state index contributed by atoms with van der Waals surface area (Å²) in [6.07, 6.45) is 21.8. The number of hydrogen-bond acceptors (Lipinski definition) is 4. The fourth-order valence-corrected chi connectivity index (χ4v) is 2.97. The second kappa shape index (κ2) is 16.6. The van der Waals surface area contributed by atoms with Crippen molar-refractivity contribution in [1.82, 2.24) is 4.90 Å². The Labute approximate surface area is 147 Å². The van der Waals surface area contributed by atoms with Gasteiger partial charge in [-0.3, -0.25) is 4.90 Å². The van der Waals surface area contributed by atoms with E-state index in [9.17, 15) is 0 Å². The van der Waals surface area contributed by atoms with Crippen LogP contribution in [0.3, 0.4) is 0 Å². The molecular weight excluding hydrogens is 306 g/mol. The first-order valence-electron chi connectivity index (χ1n) is 9.62. The topological polar surface area (TPSA) is 73.9 Å². The van der Waals surface area contributed by atoms with Gasteiger partial charge in [0, 0.05) is 6.54 Å². The Hall–Kier alpha value is -1.30. The van der Waals surface area contributed by atoms with Crippen LogP contribution < -0.4 is 4.90 Å². The Morgan fingerprint density at radius 2 is 1.33 bits per heavy atom. The molecule has 1 heterocycles. The van der Waals surface area contributed by atoms with Crippen molar-refractivity contribution in [3.63, 3.8) is 0 Å². The molecule has 142 valence electrons. The largest absolute Gasteiger partial charge is 0.356 e. The molecular formula is C18H37N3O3. The first kappa shape index (κ1) is 22.7. The fourth-order valence-electron chi connectivity index (χ4n) is 2.97. The van der Waals surface area contributed by atoms with Gasteiger partial charge in [0.15, 0.2) is 6.67 Å². The predicted molar refractivity (Wildman–Crippen MR) is 99.0 cm³/mol. The van der Waals surface area contributed by atoms with Gasteiger partial charge in [0.25, 0.3) is 0 Å². The molecule has 0 aromatic carbocycles. The van der Waals surface area contributed by atoms with Gasteiger partial charge in [-0.15, -0.1) is 0 Å². The van der Waals surface area contributed by atoms with E-state index in [1.807, 2.05) is 0 Å². The van der Waals surface area contributed by atoms with Gasteiger partial charge in [-0.05, 0) is 6.42 Å². The second-order valence-electron chi connectivity index (χ2n) is 6.75. The molecule has 1 aliphatic heterocycles. The first-order valence-corrected chi connectivity index (χ1v) is 9.62. The van der Waals surface area contributed by atoms with Crippen LogP contribution >= 0.6 is 0 Å². The van der Waals surface area contributed by atoms with Gasteiger partial charge >= 0.3 is 0 Å². The van der Waals surface area contributed by atoms with Crippen LogP contribution in [0.5, 0.6) is 0 Å². The van der Waals surface area contributed by atoms with Crippen LogP contribution in [0.2, 0.25) is 0 Å². The van der Waals surface area contributed by atoms with Gasteiger partial charge in [-0.2, -0.15) is 0 Å².